The molecule has 1 heterocycles. The maximum atomic E-state index is 13.0. The number of rotatable bonds is 5. The highest BCUT2D eigenvalue weighted by Gasteiger charge is 2.33. The first kappa shape index (κ1) is 20.8. The van der Waals surface area contributed by atoms with Crippen LogP contribution in [0, 0.1) is 17.1 Å². The van der Waals surface area contributed by atoms with E-state index in [1.165, 1.54) is 45.6 Å². The molecule has 0 aromatic heterocycles. The van der Waals surface area contributed by atoms with Crippen molar-refractivity contribution < 1.29 is 22.3 Å². The van der Waals surface area contributed by atoms with Crippen LogP contribution in [0.2, 0.25) is 0 Å². The molecule has 1 atom stereocenters. The average molecular weight is 417 g/mol. The molecule has 1 fully saturated rings. The highest BCUT2D eigenvalue weighted by molar-refractivity contribution is 7.89. The molecule has 1 saturated heterocycles. The van der Waals surface area contributed by atoms with E-state index in [1.807, 2.05) is 6.07 Å². The van der Waals surface area contributed by atoms with E-state index in [1.54, 1.807) is 19.1 Å². The van der Waals surface area contributed by atoms with Crippen molar-refractivity contribution in [3.05, 3.63) is 59.9 Å². The molecule has 3 rings (SSSR count). The number of hydrogen-bond acceptors (Lipinski definition) is 5. The SMILES string of the molecule is CC(Oc1ccc(F)cc1)C(=O)N1CCN(S(=O)(=O)c2ccccc2C#N)CC1. The van der Waals surface area contributed by atoms with Crippen LogP contribution in [0.5, 0.6) is 5.75 Å². The Hall–Kier alpha value is -2.96. The minimum atomic E-state index is -3.82. The lowest BCUT2D eigenvalue weighted by molar-refractivity contribution is -0.139. The maximum Gasteiger partial charge on any atom is 0.263 e. The van der Waals surface area contributed by atoms with Crippen molar-refractivity contribution in [1.29, 1.82) is 5.26 Å². The third-order valence-electron chi connectivity index (χ3n) is 4.65. The second kappa shape index (κ2) is 8.59. The Kier molecular flexibility index (Phi) is 6.15. The van der Waals surface area contributed by atoms with Gasteiger partial charge in [0, 0.05) is 26.2 Å². The summed E-state index contributed by atoms with van der Waals surface area (Å²) >= 11 is 0. The third kappa shape index (κ3) is 4.55. The number of carbonyl (C=O) groups is 1. The van der Waals surface area contributed by atoms with Crippen molar-refractivity contribution >= 4 is 15.9 Å². The number of amides is 1. The molecule has 0 saturated carbocycles. The largest absolute Gasteiger partial charge is 0.481 e. The first-order valence-electron chi connectivity index (χ1n) is 9.03. The standard InChI is InChI=1S/C20H20FN3O4S/c1-15(28-18-8-6-17(21)7-9-18)20(25)23-10-12-24(13-11-23)29(26,27)19-5-3-2-4-16(19)14-22/h2-9,15H,10-13H2,1H3. The molecule has 2 aromatic rings. The number of halogens is 1. The minimum absolute atomic E-state index is 0.0321. The quantitative estimate of drug-likeness (QED) is 0.742. The van der Waals surface area contributed by atoms with E-state index in [4.69, 9.17) is 4.74 Å². The van der Waals surface area contributed by atoms with E-state index in [0.29, 0.717) is 5.75 Å². The van der Waals surface area contributed by atoms with Gasteiger partial charge in [-0.05, 0) is 43.3 Å². The fourth-order valence-corrected chi connectivity index (χ4v) is 4.66. The Morgan fingerprint density at radius 3 is 2.34 bits per heavy atom. The predicted molar refractivity (Wildman–Crippen MR) is 103 cm³/mol. The van der Waals surface area contributed by atoms with Gasteiger partial charge in [-0.15, -0.1) is 0 Å². The first-order valence-corrected chi connectivity index (χ1v) is 10.5. The van der Waals surface area contributed by atoms with Crippen molar-refractivity contribution in [3.63, 3.8) is 0 Å². The number of benzene rings is 2. The average Bonchev–Trinajstić information content (AvgIpc) is 2.74. The molecule has 1 aliphatic heterocycles. The first-order chi connectivity index (χ1) is 13.8. The van der Waals surface area contributed by atoms with Gasteiger partial charge in [-0.25, -0.2) is 12.8 Å². The molecule has 1 amide bonds. The third-order valence-corrected chi connectivity index (χ3v) is 6.61. The van der Waals surface area contributed by atoms with Crippen LogP contribution in [-0.4, -0.2) is 55.8 Å². The summed E-state index contributed by atoms with van der Waals surface area (Å²) in [6.07, 6.45) is -0.789. The number of nitriles is 1. The molecule has 1 unspecified atom stereocenters. The van der Waals surface area contributed by atoms with Crippen molar-refractivity contribution in [2.75, 3.05) is 26.2 Å². The summed E-state index contributed by atoms with van der Waals surface area (Å²) in [5.74, 6) is -0.294. The molecule has 9 heteroatoms. The molecule has 0 bridgehead atoms. The summed E-state index contributed by atoms with van der Waals surface area (Å²) < 4.78 is 45.5. The van der Waals surface area contributed by atoms with Gasteiger partial charge in [0.25, 0.3) is 5.91 Å². The number of piperazine rings is 1. The topological polar surface area (TPSA) is 90.7 Å². The van der Waals surface area contributed by atoms with Crippen LogP contribution >= 0.6 is 0 Å². The Balaban J connectivity index is 1.63. The van der Waals surface area contributed by atoms with E-state index in [0.717, 1.165) is 0 Å². The van der Waals surface area contributed by atoms with E-state index >= 15 is 0 Å². The number of hydrogen-bond donors (Lipinski definition) is 0. The second-order valence-electron chi connectivity index (χ2n) is 6.55. The summed E-state index contributed by atoms with van der Waals surface area (Å²) in [4.78, 5) is 14.1. The molecule has 0 aliphatic carbocycles. The molecule has 1 aliphatic rings. The Morgan fingerprint density at radius 1 is 1.10 bits per heavy atom. The van der Waals surface area contributed by atoms with Crippen LogP contribution in [0.4, 0.5) is 4.39 Å². The molecule has 0 spiro atoms. The van der Waals surface area contributed by atoms with Gasteiger partial charge in [-0.3, -0.25) is 4.79 Å². The number of nitrogens with zero attached hydrogens (tertiary/aromatic N) is 3. The van der Waals surface area contributed by atoms with E-state index in [2.05, 4.69) is 0 Å². The predicted octanol–water partition coefficient (Wildman–Crippen LogP) is 2.00. The zero-order chi connectivity index (χ0) is 21.0. The zero-order valence-electron chi connectivity index (χ0n) is 15.8. The highest BCUT2D eigenvalue weighted by Crippen LogP contribution is 2.21. The molecule has 152 valence electrons. The summed E-state index contributed by atoms with van der Waals surface area (Å²) in [5, 5.41) is 9.17. The van der Waals surface area contributed by atoms with Gasteiger partial charge in [-0.2, -0.15) is 9.57 Å². The molecule has 2 aromatic carbocycles. The van der Waals surface area contributed by atoms with Crippen molar-refractivity contribution in [2.24, 2.45) is 0 Å². The van der Waals surface area contributed by atoms with Gasteiger partial charge in [0.2, 0.25) is 10.0 Å². The van der Waals surface area contributed by atoms with Crippen molar-refractivity contribution in [2.45, 2.75) is 17.9 Å². The van der Waals surface area contributed by atoms with E-state index < -0.39 is 21.9 Å². The number of carbonyl (C=O) groups excluding carboxylic acids is 1. The van der Waals surface area contributed by atoms with Gasteiger partial charge in [0.15, 0.2) is 6.10 Å². The van der Waals surface area contributed by atoms with Crippen LogP contribution in [0.15, 0.2) is 53.4 Å². The monoisotopic (exact) mass is 417 g/mol. The fourth-order valence-electron chi connectivity index (χ4n) is 3.10. The second-order valence-corrected chi connectivity index (χ2v) is 8.46. The number of sulfonamides is 1. The molecular formula is C20H20FN3O4S. The lowest BCUT2D eigenvalue weighted by Crippen LogP contribution is -2.53. The smallest absolute Gasteiger partial charge is 0.263 e. The van der Waals surface area contributed by atoms with E-state index in [9.17, 15) is 22.9 Å². The molecule has 29 heavy (non-hydrogen) atoms. The van der Waals surface area contributed by atoms with Crippen LogP contribution in [0.3, 0.4) is 0 Å². The molecule has 0 radical (unpaired) electrons. The maximum absolute atomic E-state index is 13.0. The fraction of sp³-hybridized carbons (Fsp3) is 0.300. The Bertz CT molecular complexity index is 1030. The van der Waals surface area contributed by atoms with Gasteiger partial charge in [-0.1, -0.05) is 12.1 Å². The highest BCUT2D eigenvalue weighted by atomic mass is 32.2. The summed E-state index contributed by atoms with van der Waals surface area (Å²) in [6, 6.07) is 13.3. The Labute approximate surface area is 169 Å². The summed E-state index contributed by atoms with van der Waals surface area (Å²) in [5.41, 5.74) is 0.0901. The molecule has 7 nitrogen and oxygen atoms in total. The zero-order valence-corrected chi connectivity index (χ0v) is 16.6. The van der Waals surface area contributed by atoms with Crippen molar-refractivity contribution in [3.8, 4) is 11.8 Å². The van der Waals surface area contributed by atoms with Crippen LogP contribution in [-0.2, 0) is 14.8 Å². The van der Waals surface area contributed by atoms with Crippen LogP contribution in [0.25, 0.3) is 0 Å². The summed E-state index contributed by atoms with van der Waals surface area (Å²) in [7, 11) is -3.82. The molecular weight excluding hydrogens is 397 g/mol. The Morgan fingerprint density at radius 2 is 1.72 bits per heavy atom. The van der Waals surface area contributed by atoms with Gasteiger partial charge < -0.3 is 9.64 Å². The van der Waals surface area contributed by atoms with Gasteiger partial charge in [0.05, 0.1) is 10.5 Å². The van der Waals surface area contributed by atoms with Gasteiger partial charge in [0.1, 0.15) is 17.6 Å². The molecule has 0 N–H and O–H groups in total. The van der Waals surface area contributed by atoms with Gasteiger partial charge >= 0.3 is 0 Å². The lowest BCUT2D eigenvalue weighted by Gasteiger charge is -2.35. The number of ether oxygens (including phenoxy) is 1. The van der Waals surface area contributed by atoms with E-state index in [-0.39, 0.29) is 42.5 Å². The van der Waals surface area contributed by atoms with Crippen LogP contribution in [0.1, 0.15) is 12.5 Å². The lowest BCUT2D eigenvalue weighted by atomic mass is 10.2. The summed E-state index contributed by atoms with van der Waals surface area (Å²) in [6.45, 7) is 2.26. The normalized spacial score (nSPS) is 16.1. The minimum Gasteiger partial charge on any atom is -0.481 e. The van der Waals surface area contributed by atoms with Crippen LogP contribution < -0.4 is 4.74 Å². The van der Waals surface area contributed by atoms with Crippen molar-refractivity contribution in [1.82, 2.24) is 9.21 Å².